The van der Waals surface area contributed by atoms with Crippen molar-refractivity contribution in [3.63, 3.8) is 0 Å². The predicted molar refractivity (Wildman–Crippen MR) is 301 cm³/mol. The van der Waals surface area contributed by atoms with Gasteiger partial charge in [0.15, 0.2) is 0 Å². The van der Waals surface area contributed by atoms with Crippen LogP contribution < -0.4 is 0 Å². The van der Waals surface area contributed by atoms with Crippen molar-refractivity contribution < 1.29 is 0 Å². The summed E-state index contributed by atoms with van der Waals surface area (Å²) in [6.45, 7) is 4.36. The average molecular weight is 906 g/mol. The van der Waals surface area contributed by atoms with Crippen molar-refractivity contribution in [3.8, 4) is 61.6 Å². The molecular formula is C68H47N3. The third kappa shape index (κ3) is 6.73. The van der Waals surface area contributed by atoms with Gasteiger partial charge in [0, 0.05) is 49.4 Å². The van der Waals surface area contributed by atoms with Crippen molar-refractivity contribution in [1.29, 1.82) is 0 Å². The Morgan fingerprint density at radius 3 is 1.00 bits per heavy atom. The molecule has 3 heterocycles. The molecule has 0 amide bonds. The number of rotatable bonds is 7. The summed E-state index contributed by atoms with van der Waals surface area (Å²) < 4.78 is 7.24. The molecule has 0 aliphatic rings. The Hall–Kier alpha value is -9.18. The summed E-state index contributed by atoms with van der Waals surface area (Å²) in [5.74, 6) is 0. The number of aryl methyl sites for hydroxylation is 2. The Balaban J connectivity index is 0.957. The van der Waals surface area contributed by atoms with Crippen LogP contribution in [0.4, 0.5) is 0 Å². The molecule has 0 bridgehead atoms. The van der Waals surface area contributed by atoms with Gasteiger partial charge in [-0.25, -0.2) is 0 Å². The van der Waals surface area contributed by atoms with Crippen LogP contribution in [0.3, 0.4) is 0 Å². The first-order chi connectivity index (χ1) is 35.0. The molecular weight excluding hydrogens is 859 g/mol. The van der Waals surface area contributed by atoms with E-state index in [0.717, 1.165) is 17.1 Å². The van der Waals surface area contributed by atoms with Crippen LogP contribution in [-0.2, 0) is 0 Å². The van der Waals surface area contributed by atoms with Gasteiger partial charge >= 0.3 is 0 Å². The molecule has 0 aliphatic carbocycles. The number of benzene rings is 11. The molecule has 0 spiro atoms. The Bertz CT molecular complexity index is 4200. The van der Waals surface area contributed by atoms with Crippen molar-refractivity contribution in [2.24, 2.45) is 0 Å². The molecule has 0 N–H and O–H groups in total. The van der Waals surface area contributed by atoms with Gasteiger partial charge < -0.3 is 13.7 Å². The van der Waals surface area contributed by atoms with E-state index in [-0.39, 0.29) is 0 Å². The predicted octanol–water partition coefficient (Wildman–Crippen LogP) is 18.3. The van der Waals surface area contributed by atoms with E-state index >= 15 is 0 Å². The van der Waals surface area contributed by atoms with Gasteiger partial charge in [-0.05, 0) is 167 Å². The van der Waals surface area contributed by atoms with Gasteiger partial charge in [0.1, 0.15) is 0 Å². The zero-order chi connectivity index (χ0) is 47.2. The summed E-state index contributed by atoms with van der Waals surface area (Å²) in [4.78, 5) is 0. The highest BCUT2D eigenvalue weighted by Crippen LogP contribution is 2.42. The van der Waals surface area contributed by atoms with E-state index in [1.807, 2.05) is 0 Å². The average Bonchev–Trinajstić information content (AvgIpc) is 4.06. The van der Waals surface area contributed by atoms with Crippen LogP contribution >= 0.6 is 0 Å². The fourth-order valence-electron chi connectivity index (χ4n) is 11.4. The first-order valence-corrected chi connectivity index (χ1v) is 24.6. The van der Waals surface area contributed by atoms with E-state index in [1.54, 1.807) is 0 Å². The molecule has 0 radical (unpaired) electrons. The lowest BCUT2D eigenvalue weighted by atomic mass is 9.95. The largest absolute Gasteiger partial charge is 0.309 e. The summed E-state index contributed by atoms with van der Waals surface area (Å²) in [5.41, 5.74) is 22.8. The fourth-order valence-corrected chi connectivity index (χ4v) is 11.4. The maximum atomic E-state index is 2.46. The molecule has 14 aromatic rings. The monoisotopic (exact) mass is 905 g/mol. The van der Waals surface area contributed by atoms with Gasteiger partial charge in [-0.3, -0.25) is 0 Å². The summed E-state index contributed by atoms with van der Waals surface area (Å²) in [5, 5.41) is 7.42. The molecule has 14 rings (SSSR count). The Kier molecular flexibility index (Phi) is 9.33. The number of fused-ring (bicyclic) bond motifs is 9. The van der Waals surface area contributed by atoms with Gasteiger partial charge in [-0.15, -0.1) is 0 Å². The Labute approximate surface area is 412 Å². The maximum Gasteiger partial charge on any atom is 0.0541 e. The van der Waals surface area contributed by atoms with Crippen LogP contribution in [0.1, 0.15) is 11.1 Å². The standard InChI is InChI=1S/C68H47N3/c1-44-15-13-16-46(35-44)52-36-45(2)37-53(38-52)47-17-14-22-56(39-47)71-67-33-29-50(48-27-31-65-59(40-48)57-23-9-11-25-63(57)69(65)54-18-5-3-6-19-54)42-61(67)62-43-51(30-34-68(62)71)49-28-32-66-60(41-49)58-24-10-12-26-64(58)70(66)55-20-7-4-8-21-55/h3-43H,1-2H3. The minimum absolute atomic E-state index is 1.13. The molecule has 334 valence electrons. The highest BCUT2D eigenvalue weighted by atomic mass is 15.0. The number of para-hydroxylation sites is 4. The summed E-state index contributed by atoms with van der Waals surface area (Å²) in [6, 6.07) is 91.9. The van der Waals surface area contributed by atoms with Crippen LogP contribution in [-0.4, -0.2) is 13.7 Å². The number of aromatic nitrogens is 3. The first kappa shape index (κ1) is 40.8. The van der Waals surface area contributed by atoms with E-state index in [4.69, 9.17) is 0 Å². The Morgan fingerprint density at radius 1 is 0.197 bits per heavy atom. The maximum absolute atomic E-state index is 2.46. The molecule has 71 heavy (non-hydrogen) atoms. The van der Waals surface area contributed by atoms with Crippen LogP contribution in [0.5, 0.6) is 0 Å². The molecule has 0 atom stereocenters. The third-order valence-corrected chi connectivity index (χ3v) is 14.7. The second-order valence-corrected chi connectivity index (χ2v) is 19.1. The van der Waals surface area contributed by atoms with Gasteiger partial charge in [0.05, 0.1) is 33.1 Å². The summed E-state index contributed by atoms with van der Waals surface area (Å²) in [6.07, 6.45) is 0. The topological polar surface area (TPSA) is 14.8 Å². The van der Waals surface area contributed by atoms with E-state index in [9.17, 15) is 0 Å². The minimum atomic E-state index is 1.13. The summed E-state index contributed by atoms with van der Waals surface area (Å²) in [7, 11) is 0. The Morgan fingerprint density at radius 2 is 0.535 bits per heavy atom. The second kappa shape index (κ2) is 16.2. The second-order valence-electron chi connectivity index (χ2n) is 19.1. The van der Waals surface area contributed by atoms with Crippen molar-refractivity contribution >= 4 is 65.4 Å². The van der Waals surface area contributed by atoms with Crippen LogP contribution in [0, 0.1) is 13.8 Å². The van der Waals surface area contributed by atoms with Crippen LogP contribution in [0.2, 0.25) is 0 Å². The van der Waals surface area contributed by atoms with Crippen molar-refractivity contribution in [1.82, 2.24) is 13.7 Å². The lowest BCUT2D eigenvalue weighted by Gasteiger charge is -2.13. The highest BCUT2D eigenvalue weighted by molar-refractivity contribution is 6.14. The molecule has 0 aliphatic heterocycles. The van der Waals surface area contributed by atoms with Crippen molar-refractivity contribution in [3.05, 3.63) is 260 Å². The first-order valence-electron chi connectivity index (χ1n) is 24.6. The molecule has 3 nitrogen and oxygen atoms in total. The molecule has 3 aromatic heterocycles. The zero-order valence-corrected chi connectivity index (χ0v) is 39.5. The lowest BCUT2D eigenvalue weighted by molar-refractivity contribution is 1.18. The van der Waals surface area contributed by atoms with Crippen molar-refractivity contribution in [2.75, 3.05) is 0 Å². The zero-order valence-electron chi connectivity index (χ0n) is 39.5. The van der Waals surface area contributed by atoms with Gasteiger partial charge in [0.25, 0.3) is 0 Å². The quantitative estimate of drug-likeness (QED) is 0.151. The molecule has 0 unspecified atom stereocenters. The molecule has 0 saturated heterocycles. The SMILES string of the molecule is Cc1cccc(-c2cc(C)cc(-c3cccc(-n4c5ccc(-c6ccc7c(c6)c6ccccc6n7-c6ccccc6)cc5c5cc(-c6ccc7c(c6)c6ccccc6n7-c6ccccc6)ccc54)c3)c2)c1. The molecule has 0 saturated carbocycles. The van der Waals surface area contributed by atoms with Crippen LogP contribution in [0.15, 0.2) is 249 Å². The smallest absolute Gasteiger partial charge is 0.0541 e. The number of nitrogens with zero attached hydrogens (tertiary/aromatic N) is 3. The van der Waals surface area contributed by atoms with E-state index < -0.39 is 0 Å². The van der Waals surface area contributed by atoms with Crippen molar-refractivity contribution in [2.45, 2.75) is 13.8 Å². The van der Waals surface area contributed by atoms with Crippen LogP contribution in [0.25, 0.3) is 127 Å². The molecule has 0 fully saturated rings. The lowest BCUT2D eigenvalue weighted by Crippen LogP contribution is -1.95. The van der Waals surface area contributed by atoms with E-state index in [0.29, 0.717) is 0 Å². The van der Waals surface area contributed by atoms with E-state index in [2.05, 4.69) is 276 Å². The molecule has 3 heteroatoms. The van der Waals surface area contributed by atoms with Gasteiger partial charge in [-0.2, -0.15) is 0 Å². The van der Waals surface area contributed by atoms with Gasteiger partial charge in [-0.1, -0.05) is 151 Å². The molecule has 11 aromatic carbocycles. The van der Waals surface area contributed by atoms with Gasteiger partial charge in [0.2, 0.25) is 0 Å². The minimum Gasteiger partial charge on any atom is -0.309 e. The number of hydrogen-bond donors (Lipinski definition) is 0. The van der Waals surface area contributed by atoms with E-state index in [1.165, 1.54) is 121 Å². The highest BCUT2D eigenvalue weighted by Gasteiger charge is 2.19. The number of hydrogen-bond acceptors (Lipinski definition) is 0. The summed E-state index contributed by atoms with van der Waals surface area (Å²) >= 11 is 0. The third-order valence-electron chi connectivity index (χ3n) is 14.7. The fraction of sp³-hybridized carbons (Fsp3) is 0.0294. The normalized spacial score (nSPS) is 11.8.